The quantitative estimate of drug-likeness (QED) is 0.343. The van der Waals surface area contributed by atoms with Gasteiger partial charge in [-0.3, -0.25) is 5.84 Å². The van der Waals surface area contributed by atoms with Gasteiger partial charge >= 0.3 is 12.1 Å². The fraction of sp³-hybridized carbons (Fsp3) is 0.182. The molecule has 1 heterocycles. The lowest BCUT2D eigenvalue weighted by atomic mass is 10.1. The molecule has 0 bridgehead atoms. The van der Waals surface area contributed by atoms with Crippen LogP contribution < -0.4 is 15.9 Å². The SMILES string of the molecule is Cc1[nH]nc(N/N=C/c2cccc(C(F)(F)F)c2)[n+]1N. The third-order valence-electron chi connectivity index (χ3n) is 2.51. The number of alkyl halides is 3. The summed E-state index contributed by atoms with van der Waals surface area (Å²) in [7, 11) is 0. The monoisotopic (exact) mass is 285 g/mol. The molecule has 0 aliphatic carbocycles. The Labute approximate surface area is 112 Å². The maximum Gasteiger partial charge on any atom is 0.421 e. The minimum absolute atomic E-state index is 0.241. The van der Waals surface area contributed by atoms with E-state index in [4.69, 9.17) is 5.84 Å². The summed E-state index contributed by atoms with van der Waals surface area (Å²) in [5, 5.41) is 10.2. The summed E-state index contributed by atoms with van der Waals surface area (Å²) in [6.45, 7) is 1.70. The first-order chi connectivity index (χ1) is 9.38. The van der Waals surface area contributed by atoms with Gasteiger partial charge in [-0.05, 0) is 17.7 Å². The van der Waals surface area contributed by atoms with Crippen LogP contribution in [0.3, 0.4) is 0 Å². The largest absolute Gasteiger partial charge is 0.421 e. The lowest BCUT2D eigenvalue weighted by Gasteiger charge is -2.06. The minimum atomic E-state index is -4.38. The van der Waals surface area contributed by atoms with Gasteiger partial charge in [0.2, 0.25) is 5.82 Å². The number of hydrogen-bond donors (Lipinski definition) is 3. The molecule has 20 heavy (non-hydrogen) atoms. The standard InChI is InChI=1S/C11H11F3N6/c1-7-17-19-10(20(7)15)18-16-6-8-3-2-4-9(5-8)11(12,13)14/h2-6H,15H2,1H3,(H,18,19)/p+1/b16-6+. The number of rotatable bonds is 3. The minimum Gasteiger partial charge on any atom is -0.298 e. The number of nitrogens with zero attached hydrogens (tertiary/aromatic N) is 3. The fourth-order valence-corrected chi connectivity index (χ4v) is 1.44. The summed E-state index contributed by atoms with van der Waals surface area (Å²) in [5.74, 6) is 6.44. The molecule has 0 amide bonds. The second-order valence-corrected chi connectivity index (χ2v) is 4.00. The molecule has 106 valence electrons. The summed E-state index contributed by atoms with van der Waals surface area (Å²) < 4.78 is 38.8. The fourth-order valence-electron chi connectivity index (χ4n) is 1.44. The van der Waals surface area contributed by atoms with Gasteiger partial charge in [0.1, 0.15) is 0 Å². The van der Waals surface area contributed by atoms with Crippen molar-refractivity contribution in [3.05, 3.63) is 41.2 Å². The number of benzene rings is 1. The highest BCUT2D eigenvalue weighted by atomic mass is 19.4. The molecule has 0 saturated heterocycles. The van der Waals surface area contributed by atoms with Crippen molar-refractivity contribution in [3.63, 3.8) is 0 Å². The van der Waals surface area contributed by atoms with Crippen LogP contribution in [-0.2, 0) is 6.18 Å². The second kappa shape index (κ2) is 5.19. The van der Waals surface area contributed by atoms with E-state index in [0.29, 0.717) is 11.4 Å². The molecule has 0 saturated carbocycles. The Morgan fingerprint density at radius 2 is 2.20 bits per heavy atom. The molecule has 0 spiro atoms. The lowest BCUT2D eigenvalue weighted by molar-refractivity contribution is -0.631. The van der Waals surface area contributed by atoms with Crippen LogP contribution in [0.1, 0.15) is 17.0 Å². The number of nitrogens with one attached hydrogen (secondary N) is 2. The van der Waals surface area contributed by atoms with Crippen LogP contribution in [0.2, 0.25) is 0 Å². The molecule has 2 rings (SSSR count). The highest BCUT2D eigenvalue weighted by Gasteiger charge is 2.30. The molecule has 0 aliphatic rings. The van der Waals surface area contributed by atoms with E-state index >= 15 is 0 Å². The van der Waals surface area contributed by atoms with Crippen molar-refractivity contribution in [1.82, 2.24) is 10.2 Å². The number of aryl methyl sites for hydroxylation is 1. The van der Waals surface area contributed by atoms with Crippen LogP contribution in [0.5, 0.6) is 0 Å². The van der Waals surface area contributed by atoms with Crippen molar-refractivity contribution in [2.24, 2.45) is 5.10 Å². The van der Waals surface area contributed by atoms with E-state index in [1.54, 1.807) is 6.92 Å². The Hall–Kier alpha value is -2.58. The first kappa shape index (κ1) is 13.8. The first-order valence-corrected chi connectivity index (χ1v) is 5.56. The summed E-state index contributed by atoms with van der Waals surface area (Å²) in [6, 6.07) is 4.81. The van der Waals surface area contributed by atoms with E-state index in [0.717, 1.165) is 12.1 Å². The average Bonchev–Trinajstić information content (AvgIpc) is 2.70. The summed E-state index contributed by atoms with van der Waals surface area (Å²) in [5.41, 5.74) is 2.10. The zero-order valence-electron chi connectivity index (χ0n) is 10.4. The van der Waals surface area contributed by atoms with E-state index in [1.807, 2.05) is 0 Å². The van der Waals surface area contributed by atoms with Gasteiger partial charge in [-0.1, -0.05) is 12.1 Å². The number of aromatic amines is 1. The maximum atomic E-state index is 12.5. The summed E-state index contributed by atoms with van der Waals surface area (Å²) in [6.07, 6.45) is -3.13. The molecule has 1 aromatic heterocycles. The van der Waals surface area contributed by atoms with Crippen LogP contribution in [0.25, 0.3) is 0 Å². The molecule has 9 heteroatoms. The number of nitrogen functional groups attached to an aromatic ring is 1. The number of hydrogen-bond acceptors (Lipinski definition) is 4. The van der Waals surface area contributed by atoms with E-state index in [9.17, 15) is 13.2 Å². The third-order valence-corrected chi connectivity index (χ3v) is 2.51. The topological polar surface area (TPSA) is 83.0 Å². The van der Waals surface area contributed by atoms with E-state index < -0.39 is 11.7 Å². The number of hydrazone groups is 1. The van der Waals surface area contributed by atoms with E-state index in [1.165, 1.54) is 23.0 Å². The summed E-state index contributed by atoms with van der Waals surface area (Å²) in [4.78, 5) is 0. The van der Waals surface area contributed by atoms with E-state index in [-0.39, 0.29) is 5.95 Å². The maximum absolute atomic E-state index is 12.5. The van der Waals surface area contributed by atoms with Crippen molar-refractivity contribution in [2.75, 3.05) is 11.3 Å². The predicted molar refractivity (Wildman–Crippen MR) is 66.3 cm³/mol. The number of H-pyrrole nitrogens is 1. The van der Waals surface area contributed by atoms with Gasteiger partial charge in [-0.25, -0.2) is 0 Å². The van der Waals surface area contributed by atoms with Crippen LogP contribution in [0.15, 0.2) is 29.4 Å². The Bertz CT molecular complexity index is 631. The lowest BCUT2D eigenvalue weighted by Crippen LogP contribution is -2.47. The van der Waals surface area contributed by atoms with Crippen LogP contribution in [0, 0.1) is 6.92 Å². The Kier molecular flexibility index (Phi) is 3.59. The number of halogens is 3. The van der Waals surface area contributed by atoms with Crippen molar-refractivity contribution < 1.29 is 17.8 Å². The van der Waals surface area contributed by atoms with Crippen LogP contribution in [-0.4, -0.2) is 16.4 Å². The molecule has 2 aromatic rings. The summed E-state index contributed by atoms with van der Waals surface area (Å²) >= 11 is 0. The highest BCUT2D eigenvalue weighted by Crippen LogP contribution is 2.29. The van der Waals surface area contributed by atoms with Gasteiger partial charge in [0.15, 0.2) is 0 Å². The number of nitrogens with two attached hydrogens (primary N) is 1. The van der Waals surface area contributed by atoms with Crippen molar-refractivity contribution in [3.8, 4) is 0 Å². The molecule has 4 N–H and O–H groups in total. The molecule has 0 aliphatic heterocycles. The Balaban J connectivity index is 2.10. The van der Waals surface area contributed by atoms with Crippen molar-refractivity contribution in [2.45, 2.75) is 13.1 Å². The number of anilines is 1. The number of aromatic nitrogens is 3. The smallest absolute Gasteiger partial charge is 0.298 e. The zero-order valence-corrected chi connectivity index (χ0v) is 10.4. The Morgan fingerprint density at radius 3 is 2.80 bits per heavy atom. The molecule has 1 aromatic carbocycles. The predicted octanol–water partition coefficient (Wildman–Crippen LogP) is 1.18. The molecule has 6 nitrogen and oxygen atoms in total. The average molecular weight is 285 g/mol. The van der Waals surface area contributed by atoms with Crippen molar-refractivity contribution in [1.29, 1.82) is 0 Å². The molecule has 0 fully saturated rings. The van der Waals surface area contributed by atoms with Gasteiger partial charge in [0, 0.05) is 12.0 Å². The Morgan fingerprint density at radius 1 is 1.45 bits per heavy atom. The molecule has 0 radical (unpaired) electrons. The third kappa shape index (κ3) is 3.05. The van der Waals surface area contributed by atoms with Crippen LogP contribution in [0.4, 0.5) is 19.1 Å². The van der Waals surface area contributed by atoms with Gasteiger partial charge < -0.3 is 0 Å². The molecule has 0 atom stereocenters. The normalized spacial score (nSPS) is 12.0. The van der Waals surface area contributed by atoms with Gasteiger partial charge in [0.05, 0.1) is 11.8 Å². The molecular weight excluding hydrogens is 273 g/mol. The zero-order chi connectivity index (χ0) is 14.8. The van der Waals surface area contributed by atoms with Gasteiger partial charge in [-0.2, -0.15) is 23.7 Å². The van der Waals surface area contributed by atoms with Crippen LogP contribution >= 0.6 is 0 Å². The highest BCUT2D eigenvalue weighted by molar-refractivity contribution is 5.80. The van der Waals surface area contributed by atoms with Gasteiger partial charge in [0.25, 0.3) is 0 Å². The molecular formula is C11H12F3N6+. The van der Waals surface area contributed by atoms with E-state index in [2.05, 4.69) is 20.7 Å². The van der Waals surface area contributed by atoms with Crippen molar-refractivity contribution >= 4 is 12.2 Å². The van der Waals surface area contributed by atoms with Gasteiger partial charge in [-0.15, -0.1) is 9.78 Å². The molecule has 0 unspecified atom stereocenters. The second-order valence-electron chi connectivity index (χ2n) is 4.00. The first-order valence-electron chi connectivity index (χ1n) is 5.56.